The average Bonchev–Trinajstić information content (AvgIpc) is 2.89. The average molecular weight is 341 g/mol. The van der Waals surface area contributed by atoms with Gasteiger partial charge in [0.1, 0.15) is 10.0 Å². The molecule has 0 aliphatic carbocycles. The van der Waals surface area contributed by atoms with Crippen LogP contribution in [0.25, 0.3) is 10.6 Å². The predicted molar refractivity (Wildman–Crippen MR) is 82.2 cm³/mol. The molecule has 0 spiro atoms. The van der Waals surface area contributed by atoms with Crippen molar-refractivity contribution in [3.63, 3.8) is 0 Å². The van der Waals surface area contributed by atoms with Gasteiger partial charge in [0.15, 0.2) is 0 Å². The largest absolute Gasteiger partial charge is 0.308 e. The van der Waals surface area contributed by atoms with Gasteiger partial charge in [0.2, 0.25) is 0 Å². The van der Waals surface area contributed by atoms with Crippen LogP contribution < -0.4 is 5.32 Å². The molecule has 4 nitrogen and oxygen atoms in total. The van der Waals surface area contributed by atoms with Crippen molar-refractivity contribution in [2.75, 3.05) is 6.54 Å². The van der Waals surface area contributed by atoms with Crippen LogP contribution >= 0.6 is 27.3 Å². The van der Waals surface area contributed by atoms with Crippen LogP contribution in [0.4, 0.5) is 0 Å². The number of hydrogen-bond donors (Lipinski definition) is 1. The van der Waals surface area contributed by atoms with E-state index >= 15 is 0 Å². The molecule has 0 aliphatic rings. The quantitative estimate of drug-likeness (QED) is 0.868. The van der Waals surface area contributed by atoms with Gasteiger partial charge in [0, 0.05) is 22.4 Å². The smallest absolute Gasteiger partial charge is 0.149 e. The Labute approximate surface area is 125 Å². The highest BCUT2D eigenvalue weighted by molar-refractivity contribution is 9.10. The van der Waals surface area contributed by atoms with Gasteiger partial charge in [0.25, 0.3) is 0 Å². The van der Waals surface area contributed by atoms with Crippen molar-refractivity contribution in [3.8, 4) is 10.6 Å². The highest BCUT2D eigenvalue weighted by Gasteiger charge is 2.15. The molecule has 0 saturated carbocycles. The van der Waals surface area contributed by atoms with Crippen LogP contribution in [0, 0.1) is 0 Å². The highest BCUT2D eigenvalue weighted by atomic mass is 79.9. The maximum atomic E-state index is 4.31. The van der Waals surface area contributed by atoms with Crippen LogP contribution in [0.1, 0.15) is 37.7 Å². The first-order valence-corrected chi connectivity index (χ1v) is 8.03. The van der Waals surface area contributed by atoms with Crippen LogP contribution in [-0.4, -0.2) is 21.7 Å². The Morgan fingerprint density at radius 3 is 2.84 bits per heavy atom. The van der Waals surface area contributed by atoms with E-state index in [9.17, 15) is 0 Å². The monoisotopic (exact) mass is 340 g/mol. The lowest BCUT2D eigenvalue weighted by atomic mass is 10.2. The second-order valence-electron chi connectivity index (χ2n) is 4.25. The minimum absolute atomic E-state index is 0.298. The molecule has 1 unspecified atom stereocenters. The zero-order valence-corrected chi connectivity index (χ0v) is 13.5. The molecule has 0 radical (unpaired) electrons. The Bertz CT molecular complexity index is 529. The molecule has 1 N–H and O–H groups in total. The molecule has 1 atom stereocenters. The molecule has 0 aromatic carbocycles. The van der Waals surface area contributed by atoms with E-state index in [0.29, 0.717) is 6.04 Å². The number of nitrogens with zero attached hydrogens (tertiary/aromatic N) is 3. The molecule has 0 aliphatic heterocycles. The second kappa shape index (κ2) is 7.07. The van der Waals surface area contributed by atoms with Crippen LogP contribution in [0.5, 0.6) is 0 Å². The first kappa shape index (κ1) is 14.6. The number of nitrogens with one attached hydrogen (secondary N) is 1. The van der Waals surface area contributed by atoms with E-state index in [0.717, 1.165) is 39.4 Å². The van der Waals surface area contributed by atoms with Crippen molar-refractivity contribution < 1.29 is 0 Å². The number of rotatable bonds is 6. The molecule has 0 fully saturated rings. The summed E-state index contributed by atoms with van der Waals surface area (Å²) in [5.74, 6) is 0. The van der Waals surface area contributed by atoms with Crippen molar-refractivity contribution in [1.82, 2.24) is 20.5 Å². The summed E-state index contributed by atoms with van der Waals surface area (Å²) in [6.45, 7) is 5.33. The molecule has 6 heteroatoms. The Morgan fingerprint density at radius 1 is 1.32 bits per heavy atom. The van der Waals surface area contributed by atoms with Gasteiger partial charge in [-0.2, -0.15) is 0 Å². The molecule has 2 aromatic heterocycles. The standard InChI is InChI=1S/C13H17BrN4S/c1-3-5-16-11(4-2)13-18-17-12(19-13)9-6-10(14)8-15-7-9/h6-8,11,16H,3-5H2,1-2H3. The van der Waals surface area contributed by atoms with Gasteiger partial charge in [0.05, 0.1) is 6.04 Å². The van der Waals surface area contributed by atoms with Crippen LogP contribution in [0.15, 0.2) is 22.9 Å². The lowest BCUT2D eigenvalue weighted by molar-refractivity contribution is 0.513. The molecular formula is C13H17BrN4S. The highest BCUT2D eigenvalue weighted by Crippen LogP contribution is 2.28. The number of hydrogen-bond acceptors (Lipinski definition) is 5. The van der Waals surface area contributed by atoms with Gasteiger partial charge in [-0.3, -0.25) is 4.98 Å². The second-order valence-corrected chi connectivity index (χ2v) is 6.18. The molecule has 2 aromatic rings. The van der Waals surface area contributed by atoms with E-state index in [-0.39, 0.29) is 0 Å². The molecule has 2 rings (SSSR count). The lowest BCUT2D eigenvalue weighted by Crippen LogP contribution is -2.21. The maximum absolute atomic E-state index is 4.31. The Hall–Kier alpha value is -0.850. The zero-order valence-electron chi connectivity index (χ0n) is 11.1. The number of aromatic nitrogens is 3. The molecule has 102 valence electrons. The molecular weight excluding hydrogens is 324 g/mol. The SMILES string of the molecule is CCCNC(CC)c1nnc(-c2cncc(Br)c2)s1. The molecule has 2 heterocycles. The van der Waals surface area contributed by atoms with Gasteiger partial charge >= 0.3 is 0 Å². The summed E-state index contributed by atoms with van der Waals surface area (Å²) in [6.07, 6.45) is 5.72. The molecule has 19 heavy (non-hydrogen) atoms. The Morgan fingerprint density at radius 2 is 2.16 bits per heavy atom. The topological polar surface area (TPSA) is 50.7 Å². The summed E-state index contributed by atoms with van der Waals surface area (Å²) in [4.78, 5) is 4.16. The Kier molecular flexibility index (Phi) is 5.42. The molecule has 0 amide bonds. The number of pyridine rings is 1. The summed E-state index contributed by atoms with van der Waals surface area (Å²) in [6, 6.07) is 2.31. The van der Waals surface area contributed by atoms with Crippen LogP contribution in [0.2, 0.25) is 0 Å². The van der Waals surface area contributed by atoms with E-state index in [1.165, 1.54) is 0 Å². The van der Waals surface area contributed by atoms with Gasteiger partial charge in [-0.1, -0.05) is 25.2 Å². The minimum atomic E-state index is 0.298. The zero-order chi connectivity index (χ0) is 13.7. The first-order chi connectivity index (χ1) is 9.24. The van der Waals surface area contributed by atoms with Crippen molar-refractivity contribution in [3.05, 3.63) is 27.9 Å². The third-order valence-electron chi connectivity index (χ3n) is 2.74. The molecule has 0 bridgehead atoms. The summed E-state index contributed by atoms with van der Waals surface area (Å²) >= 11 is 5.06. The van der Waals surface area contributed by atoms with Crippen LogP contribution in [0.3, 0.4) is 0 Å². The van der Waals surface area contributed by atoms with E-state index in [1.807, 2.05) is 12.3 Å². The van der Waals surface area contributed by atoms with E-state index in [1.54, 1.807) is 17.5 Å². The van der Waals surface area contributed by atoms with Gasteiger partial charge < -0.3 is 5.32 Å². The maximum Gasteiger partial charge on any atom is 0.149 e. The first-order valence-electron chi connectivity index (χ1n) is 6.42. The normalized spacial score (nSPS) is 12.6. The van der Waals surface area contributed by atoms with E-state index in [4.69, 9.17) is 0 Å². The van der Waals surface area contributed by atoms with Gasteiger partial charge in [-0.25, -0.2) is 0 Å². The van der Waals surface area contributed by atoms with Gasteiger partial charge in [-0.15, -0.1) is 10.2 Å². The predicted octanol–water partition coefficient (Wildman–Crippen LogP) is 3.81. The lowest BCUT2D eigenvalue weighted by Gasteiger charge is -2.12. The molecule has 0 saturated heterocycles. The fourth-order valence-corrected chi connectivity index (χ4v) is 3.09. The summed E-state index contributed by atoms with van der Waals surface area (Å²) < 4.78 is 0.956. The summed E-state index contributed by atoms with van der Waals surface area (Å²) in [7, 11) is 0. The third-order valence-corrected chi connectivity index (χ3v) is 4.26. The van der Waals surface area contributed by atoms with E-state index in [2.05, 4.69) is 50.3 Å². The summed E-state index contributed by atoms with van der Waals surface area (Å²) in [5, 5.41) is 14.0. The third kappa shape index (κ3) is 3.81. The van der Waals surface area contributed by atoms with Crippen molar-refractivity contribution >= 4 is 27.3 Å². The Balaban J connectivity index is 2.18. The minimum Gasteiger partial charge on any atom is -0.308 e. The fourth-order valence-electron chi connectivity index (χ4n) is 1.75. The van der Waals surface area contributed by atoms with Gasteiger partial charge in [-0.05, 0) is 41.4 Å². The van der Waals surface area contributed by atoms with Crippen LogP contribution in [-0.2, 0) is 0 Å². The van der Waals surface area contributed by atoms with Crippen molar-refractivity contribution in [1.29, 1.82) is 0 Å². The van der Waals surface area contributed by atoms with Crippen molar-refractivity contribution in [2.24, 2.45) is 0 Å². The summed E-state index contributed by atoms with van der Waals surface area (Å²) in [5.41, 5.74) is 1.00. The fraction of sp³-hybridized carbons (Fsp3) is 0.462. The van der Waals surface area contributed by atoms with E-state index < -0.39 is 0 Å². The van der Waals surface area contributed by atoms with Crippen molar-refractivity contribution in [2.45, 2.75) is 32.7 Å². The number of halogens is 1.